The van der Waals surface area contributed by atoms with E-state index in [1.807, 2.05) is 45.0 Å². The molecule has 4 bridgehead atoms. The minimum atomic E-state index is -0.636. The second-order valence-electron chi connectivity index (χ2n) is 11.1. The summed E-state index contributed by atoms with van der Waals surface area (Å²) in [7, 11) is 0. The van der Waals surface area contributed by atoms with E-state index in [-0.39, 0.29) is 17.7 Å². The van der Waals surface area contributed by atoms with Crippen molar-refractivity contribution in [2.45, 2.75) is 70.8 Å². The van der Waals surface area contributed by atoms with E-state index in [0.29, 0.717) is 16.8 Å². The standard InChI is InChI=1S/C28H35N3O2/c1-17(2)25(27(33)30-24-6-4-5-18(3)29-24)31-26(32)22-7-9-23(10-8-22)28-14-19-11-20(15-28)13-21(12-19)16-28/h4-10,17,19-21,25H,11-16H2,1-3H3,(H,31,32)(H,29,30,33). The molecule has 1 aromatic heterocycles. The van der Waals surface area contributed by atoms with Gasteiger partial charge < -0.3 is 10.6 Å². The van der Waals surface area contributed by atoms with Gasteiger partial charge in [-0.25, -0.2) is 4.98 Å². The smallest absolute Gasteiger partial charge is 0.251 e. The molecule has 5 nitrogen and oxygen atoms in total. The zero-order chi connectivity index (χ0) is 23.2. The third-order valence-corrected chi connectivity index (χ3v) is 8.17. The van der Waals surface area contributed by atoms with Crippen molar-refractivity contribution in [1.29, 1.82) is 0 Å². The summed E-state index contributed by atoms with van der Waals surface area (Å²) in [5.41, 5.74) is 3.17. The van der Waals surface area contributed by atoms with Crippen LogP contribution in [0.25, 0.3) is 0 Å². The lowest BCUT2D eigenvalue weighted by Crippen LogP contribution is -2.48. The largest absolute Gasteiger partial charge is 0.340 e. The van der Waals surface area contributed by atoms with Gasteiger partial charge in [-0.1, -0.05) is 32.0 Å². The number of anilines is 1. The first-order chi connectivity index (χ1) is 15.8. The van der Waals surface area contributed by atoms with E-state index in [2.05, 4.69) is 27.8 Å². The first-order valence-electron chi connectivity index (χ1n) is 12.5. The minimum Gasteiger partial charge on any atom is -0.340 e. The molecular weight excluding hydrogens is 410 g/mol. The highest BCUT2D eigenvalue weighted by atomic mass is 16.2. The van der Waals surface area contributed by atoms with Crippen molar-refractivity contribution in [3.05, 3.63) is 59.3 Å². The molecule has 33 heavy (non-hydrogen) atoms. The van der Waals surface area contributed by atoms with E-state index in [1.165, 1.54) is 44.1 Å². The van der Waals surface area contributed by atoms with Crippen molar-refractivity contribution < 1.29 is 9.59 Å². The minimum absolute atomic E-state index is 0.0509. The molecular formula is C28H35N3O2. The van der Waals surface area contributed by atoms with Crippen LogP contribution in [0.3, 0.4) is 0 Å². The van der Waals surface area contributed by atoms with Crippen molar-refractivity contribution in [3.8, 4) is 0 Å². The van der Waals surface area contributed by atoms with Crippen LogP contribution < -0.4 is 10.6 Å². The Labute approximate surface area is 196 Å². The fourth-order valence-corrected chi connectivity index (χ4v) is 7.02. The van der Waals surface area contributed by atoms with Gasteiger partial charge >= 0.3 is 0 Å². The molecule has 1 aromatic carbocycles. The summed E-state index contributed by atoms with van der Waals surface area (Å²) < 4.78 is 0. The monoisotopic (exact) mass is 445 g/mol. The topological polar surface area (TPSA) is 71.1 Å². The van der Waals surface area contributed by atoms with Gasteiger partial charge in [0.05, 0.1) is 0 Å². The predicted octanol–water partition coefficient (Wildman–Crippen LogP) is 5.25. The predicted molar refractivity (Wildman–Crippen MR) is 130 cm³/mol. The molecule has 1 atom stereocenters. The number of aryl methyl sites for hydroxylation is 1. The highest BCUT2D eigenvalue weighted by molar-refractivity contribution is 6.01. The average molecular weight is 446 g/mol. The van der Waals surface area contributed by atoms with E-state index >= 15 is 0 Å². The fourth-order valence-electron chi connectivity index (χ4n) is 7.02. The van der Waals surface area contributed by atoms with E-state index in [1.54, 1.807) is 6.07 Å². The summed E-state index contributed by atoms with van der Waals surface area (Å²) in [6, 6.07) is 13.1. The number of carbonyl (C=O) groups excluding carboxylic acids is 2. The maximum Gasteiger partial charge on any atom is 0.251 e. The number of nitrogens with one attached hydrogen (secondary N) is 2. The number of nitrogens with zero attached hydrogens (tertiary/aromatic N) is 1. The molecule has 4 saturated carbocycles. The summed E-state index contributed by atoms with van der Waals surface area (Å²) in [5.74, 6) is 2.68. The van der Waals surface area contributed by atoms with Gasteiger partial charge in [-0.05, 0) is 104 Å². The molecule has 6 rings (SSSR count). The van der Waals surface area contributed by atoms with Crippen molar-refractivity contribution in [2.75, 3.05) is 5.32 Å². The van der Waals surface area contributed by atoms with Crippen LogP contribution in [-0.4, -0.2) is 22.8 Å². The van der Waals surface area contributed by atoms with Gasteiger partial charge in [-0.2, -0.15) is 0 Å². The van der Waals surface area contributed by atoms with E-state index < -0.39 is 6.04 Å². The zero-order valence-electron chi connectivity index (χ0n) is 19.9. The molecule has 4 aliphatic rings. The van der Waals surface area contributed by atoms with Crippen LogP contribution in [0.2, 0.25) is 0 Å². The van der Waals surface area contributed by atoms with Gasteiger partial charge in [0, 0.05) is 11.3 Å². The maximum atomic E-state index is 13.0. The summed E-state index contributed by atoms with van der Waals surface area (Å²) in [4.78, 5) is 30.2. The Bertz CT molecular complexity index is 1010. The summed E-state index contributed by atoms with van der Waals surface area (Å²) in [5, 5.41) is 5.78. The van der Waals surface area contributed by atoms with Crippen molar-refractivity contribution in [1.82, 2.24) is 10.3 Å². The van der Waals surface area contributed by atoms with Crippen LogP contribution in [0.5, 0.6) is 0 Å². The SMILES string of the molecule is Cc1cccc(NC(=O)C(NC(=O)c2ccc(C34CC5CC(CC(C5)C3)C4)cc2)C(C)C)n1. The van der Waals surface area contributed by atoms with Crippen LogP contribution in [0.1, 0.15) is 74.0 Å². The van der Waals surface area contributed by atoms with Gasteiger partial charge in [0.2, 0.25) is 5.91 Å². The number of hydrogen-bond donors (Lipinski definition) is 2. The molecule has 4 fully saturated rings. The molecule has 5 heteroatoms. The lowest BCUT2D eigenvalue weighted by atomic mass is 9.48. The Morgan fingerprint density at radius 2 is 1.55 bits per heavy atom. The molecule has 1 unspecified atom stereocenters. The molecule has 0 saturated heterocycles. The fraction of sp³-hybridized carbons (Fsp3) is 0.536. The molecule has 4 aliphatic carbocycles. The van der Waals surface area contributed by atoms with E-state index in [4.69, 9.17) is 0 Å². The van der Waals surface area contributed by atoms with Crippen LogP contribution in [0.15, 0.2) is 42.5 Å². The third kappa shape index (κ3) is 4.42. The van der Waals surface area contributed by atoms with Gasteiger partial charge in [-0.15, -0.1) is 0 Å². The lowest BCUT2D eigenvalue weighted by molar-refractivity contribution is -0.118. The number of hydrogen-bond acceptors (Lipinski definition) is 3. The van der Waals surface area contributed by atoms with Crippen LogP contribution in [0.4, 0.5) is 5.82 Å². The molecule has 2 N–H and O–H groups in total. The van der Waals surface area contributed by atoms with Gasteiger partial charge in [-0.3, -0.25) is 9.59 Å². The van der Waals surface area contributed by atoms with Crippen LogP contribution in [0, 0.1) is 30.6 Å². The number of aromatic nitrogens is 1. The highest BCUT2D eigenvalue weighted by Crippen LogP contribution is 2.60. The van der Waals surface area contributed by atoms with Crippen molar-refractivity contribution >= 4 is 17.6 Å². The molecule has 1 heterocycles. The lowest BCUT2D eigenvalue weighted by Gasteiger charge is -2.57. The quantitative estimate of drug-likeness (QED) is 0.638. The first kappa shape index (κ1) is 22.1. The number of benzene rings is 1. The Kier molecular flexibility index (Phi) is 5.75. The third-order valence-electron chi connectivity index (χ3n) is 8.17. The van der Waals surface area contributed by atoms with Crippen LogP contribution in [-0.2, 0) is 10.2 Å². The van der Waals surface area contributed by atoms with Gasteiger partial charge in [0.1, 0.15) is 11.9 Å². The van der Waals surface area contributed by atoms with Gasteiger partial charge in [0.15, 0.2) is 0 Å². The number of rotatable bonds is 6. The zero-order valence-corrected chi connectivity index (χ0v) is 19.9. The normalized spacial score (nSPS) is 28.5. The number of carbonyl (C=O) groups is 2. The van der Waals surface area contributed by atoms with Crippen molar-refractivity contribution in [2.24, 2.45) is 23.7 Å². The number of pyridine rings is 1. The molecule has 0 aliphatic heterocycles. The second-order valence-corrected chi connectivity index (χ2v) is 11.1. The molecule has 2 aromatic rings. The number of amides is 2. The molecule has 0 radical (unpaired) electrons. The van der Waals surface area contributed by atoms with Crippen molar-refractivity contribution in [3.63, 3.8) is 0 Å². The Balaban J connectivity index is 1.27. The maximum absolute atomic E-state index is 13.0. The highest BCUT2D eigenvalue weighted by Gasteiger charge is 2.51. The Morgan fingerprint density at radius 3 is 2.09 bits per heavy atom. The summed E-state index contributed by atoms with van der Waals surface area (Å²) >= 11 is 0. The van der Waals surface area contributed by atoms with Gasteiger partial charge in [0.25, 0.3) is 5.91 Å². The summed E-state index contributed by atoms with van der Waals surface area (Å²) in [6.07, 6.45) is 8.22. The summed E-state index contributed by atoms with van der Waals surface area (Å²) in [6.45, 7) is 5.75. The Morgan fingerprint density at radius 1 is 0.939 bits per heavy atom. The first-order valence-corrected chi connectivity index (χ1v) is 12.5. The molecule has 174 valence electrons. The van der Waals surface area contributed by atoms with Crippen LogP contribution >= 0.6 is 0 Å². The molecule has 0 spiro atoms. The average Bonchev–Trinajstić information content (AvgIpc) is 2.76. The van der Waals surface area contributed by atoms with E-state index in [0.717, 1.165) is 23.4 Å². The van der Waals surface area contributed by atoms with E-state index in [9.17, 15) is 9.59 Å². The molecule has 2 amide bonds. The Hall–Kier alpha value is -2.69. The second kappa shape index (κ2) is 8.58.